The van der Waals surface area contributed by atoms with Gasteiger partial charge in [0.2, 0.25) is 15.9 Å². The summed E-state index contributed by atoms with van der Waals surface area (Å²) in [4.78, 5) is 28.3. The maximum atomic E-state index is 13.3. The Labute approximate surface area is 190 Å². The molecule has 32 heavy (non-hydrogen) atoms. The van der Waals surface area contributed by atoms with Crippen molar-refractivity contribution in [2.75, 3.05) is 29.0 Å². The standard InChI is InChI=1S/C24H31N3O4S/c1-3-22(27(32(2,30)31)19-13-7-6-8-14-19)23(28)25-21-16-10-9-15-20(21)24(29)26-17-11-4-5-12-18-26/h6-10,13-16,22H,3-5,11-12,17-18H2,1-2H3,(H,25,28)/t22-/m1/s1. The van der Waals surface area contributed by atoms with E-state index in [0.29, 0.717) is 30.0 Å². The maximum Gasteiger partial charge on any atom is 0.255 e. The number of nitrogens with zero attached hydrogens (tertiary/aromatic N) is 2. The lowest BCUT2D eigenvalue weighted by Gasteiger charge is -2.30. The minimum atomic E-state index is -3.72. The number of rotatable bonds is 7. The quantitative estimate of drug-likeness (QED) is 0.683. The third-order valence-corrected chi connectivity index (χ3v) is 6.83. The first-order chi connectivity index (χ1) is 15.3. The Morgan fingerprint density at radius 2 is 1.56 bits per heavy atom. The minimum Gasteiger partial charge on any atom is -0.339 e. The highest BCUT2D eigenvalue weighted by atomic mass is 32.2. The van der Waals surface area contributed by atoms with Crippen molar-refractivity contribution in [1.29, 1.82) is 0 Å². The molecule has 7 nitrogen and oxygen atoms in total. The van der Waals surface area contributed by atoms with Crippen molar-refractivity contribution < 1.29 is 18.0 Å². The second-order valence-electron chi connectivity index (χ2n) is 8.06. The van der Waals surface area contributed by atoms with Crippen molar-refractivity contribution in [3.05, 3.63) is 60.2 Å². The number of likely N-dealkylation sites (tertiary alicyclic amines) is 1. The highest BCUT2D eigenvalue weighted by Crippen LogP contribution is 2.25. The number of amides is 2. The van der Waals surface area contributed by atoms with E-state index in [4.69, 9.17) is 0 Å². The van der Waals surface area contributed by atoms with Gasteiger partial charge in [0.15, 0.2) is 0 Å². The van der Waals surface area contributed by atoms with Crippen molar-refractivity contribution in [1.82, 2.24) is 4.90 Å². The number of carbonyl (C=O) groups is 2. The molecule has 2 aromatic rings. The van der Waals surface area contributed by atoms with Gasteiger partial charge in [-0.15, -0.1) is 0 Å². The molecule has 172 valence electrons. The number of hydrogen-bond acceptors (Lipinski definition) is 4. The second-order valence-corrected chi connectivity index (χ2v) is 9.92. The minimum absolute atomic E-state index is 0.112. The number of sulfonamides is 1. The zero-order valence-electron chi connectivity index (χ0n) is 18.7. The summed E-state index contributed by atoms with van der Waals surface area (Å²) in [7, 11) is -3.72. The number of para-hydroxylation sites is 2. The smallest absolute Gasteiger partial charge is 0.255 e. The molecule has 1 fully saturated rings. The molecule has 2 amide bonds. The average molecular weight is 458 g/mol. The van der Waals surface area contributed by atoms with Crippen LogP contribution in [0.3, 0.4) is 0 Å². The fourth-order valence-corrected chi connectivity index (χ4v) is 5.29. The molecule has 0 saturated carbocycles. The Hall–Kier alpha value is -2.87. The predicted octanol–water partition coefficient (Wildman–Crippen LogP) is 3.89. The fraction of sp³-hybridized carbons (Fsp3) is 0.417. The van der Waals surface area contributed by atoms with Crippen LogP contribution in [-0.2, 0) is 14.8 Å². The van der Waals surface area contributed by atoms with Gasteiger partial charge < -0.3 is 10.2 Å². The number of benzene rings is 2. The Morgan fingerprint density at radius 3 is 2.16 bits per heavy atom. The number of carbonyl (C=O) groups excluding carboxylic acids is 2. The van der Waals surface area contributed by atoms with Gasteiger partial charge >= 0.3 is 0 Å². The Balaban J connectivity index is 1.87. The van der Waals surface area contributed by atoms with Crippen molar-refractivity contribution in [2.45, 2.75) is 45.1 Å². The number of nitrogens with one attached hydrogen (secondary N) is 1. The lowest BCUT2D eigenvalue weighted by Crippen LogP contribution is -2.47. The van der Waals surface area contributed by atoms with Crippen LogP contribution in [0.15, 0.2) is 54.6 Å². The van der Waals surface area contributed by atoms with E-state index in [1.807, 2.05) is 4.90 Å². The molecular weight excluding hydrogens is 426 g/mol. The average Bonchev–Trinajstić information content (AvgIpc) is 3.06. The van der Waals surface area contributed by atoms with Gasteiger partial charge in [0.05, 0.1) is 23.2 Å². The monoisotopic (exact) mass is 457 g/mol. The van der Waals surface area contributed by atoms with Crippen LogP contribution >= 0.6 is 0 Å². The van der Waals surface area contributed by atoms with Crippen molar-refractivity contribution >= 4 is 33.2 Å². The van der Waals surface area contributed by atoms with Crippen molar-refractivity contribution in [3.63, 3.8) is 0 Å². The lowest BCUT2D eigenvalue weighted by atomic mass is 10.1. The Morgan fingerprint density at radius 1 is 0.969 bits per heavy atom. The summed E-state index contributed by atoms with van der Waals surface area (Å²) in [6.07, 6.45) is 5.53. The Kier molecular flexibility index (Phi) is 7.90. The summed E-state index contributed by atoms with van der Waals surface area (Å²) in [5.74, 6) is -0.586. The third-order valence-electron chi connectivity index (χ3n) is 5.65. The van der Waals surface area contributed by atoms with Gasteiger partial charge in [0, 0.05) is 13.1 Å². The Bertz CT molecular complexity index is 1030. The topological polar surface area (TPSA) is 86.8 Å². The van der Waals surface area contributed by atoms with Crippen LogP contribution in [0.4, 0.5) is 11.4 Å². The van der Waals surface area contributed by atoms with Gasteiger partial charge in [-0.1, -0.05) is 50.1 Å². The molecule has 1 heterocycles. The molecule has 3 rings (SSSR count). The van der Waals surface area contributed by atoms with Gasteiger partial charge in [0.25, 0.3) is 5.91 Å². The molecule has 1 saturated heterocycles. The lowest BCUT2D eigenvalue weighted by molar-refractivity contribution is -0.117. The van der Waals surface area contributed by atoms with Crippen molar-refractivity contribution in [3.8, 4) is 0 Å². The van der Waals surface area contributed by atoms with Gasteiger partial charge in [-0.2, -0.15) is 0 Å². The van der Waals surface area contributed by atoms with E-state index in [9.17, 15) is 18.0 Å². The fourth-order valence-electron chi connectivity index (χ4n) is 4.07. The molecule has 1 N–H and O–H groups in total. The molecule has 0 bridgehead atoms. The van der Waals surface area contributed by atoms with E-state index < -0.39 is 22.0 Å². The molecule has 0 spiro atoms. The summed E-state index contributed by atoms with van der Waals surface area (Å²) in [5, 5.41) is 2.83. The molecular formula is C24H31N3O4S. The van der Waals surface area contributed by atoms with Crippen LogP contribution in [0.25, 0.3) is 0 Å². The van der Waals surface area contributed by atoms with E-state index >= 15 is 0 Å². The molecule has 1 aliphatic rings. The van der Waals surface area contributed by atoms with Gasteiger partial charge in [-0.05, 0) is 43.5 Å². The highest BCUT2D eigenvalue weighted by molar-refractivity contribution is 7.92. The maximum absolute atomic E-state index is 13.3. The van der Waals surface area contributed by atoms with E-state index in [0.717, 1.165) is 36.2 Å². The summed E-state index contributed by atoms with van der Waals surface area (Å²) < 4.78 is 26.3. The molecule has 2 aromatic carbocycles. The summed E-state index contributed by atoms with van der Waals surface area (Å²) in [6, 6.07) is 14.5. The normalized spacial score (nSPS) is 15.5. The number of anilines is 2. The molecule has 0 aromatic heterocycles. The number of hydrogen-bond donors (Lipinski definition) is 1. The zero-order valence-corrected chi connectivity index (χ0v) is 19.5. The molecule has 1 atom stereocenters. The first-order valence-corrected chi connectivity index (χ1v) is 12.9. The first kappa shape index (κ1) is 23.8. The summed E-state index contributed by atoms with van der Waals surface area (Å²) >= 11 is 0. The van der Waals surface area contributed by atoms with Crippen LogP contribution in [0.1, 0.15) is 49.4 Å². The van der Waals surface area contributed by atoms with E-state index in [2.05, 4.69) is 5.32 Å². The molecule has 8 heteroatoms. The highest BCUT2D eigenvalue weighted by Gasteiger charge is 2.32. The molecule has 1 aliphatic heterocycles. The van der Waals surface area contributed by atoms with E-state index in [1.165, 1.54) is 0 Å². The largest absolute Gasteiger partial charge is 0.339 e. The first-order valence-electron chi connectivity index (χ1n) is 11.1. The van der Waals surface area contributed by atoms with Crippen LogP contribution in [-0.4, -0.2) is 50.5 Å². The third kappa shape index (κ3) is 5.68. The van der Waals surface area contributed by atoms with Gasteiger partial charge in [-0.3, -0.25) is 13.9 Å². The van der Waals surface area contributed by atoms with Gasteiger partial charge in [0.1, 0.15) is 6.04 Å². The predicted molar refractivity (Wildman–Crippen MR) is 127 cm³/mol. The molecule has 0 radical (unpaired) electrons. The zero-order chi connectivity index (χ0) is 23.1. The van der Waals surface area contributed by atoms with Crippen LogP contribution in [0.2, 0.25) is 0 Å². The van der Waals surface area contributed by atoms with E-state index in [-0.39, 0.29) is 12.3 Å². The SMILES string of the molecule is CC[C@H](C(=O)Nc1ccccc1C(=O)N1CCCCCC1)N(c1ccccc1)S(C)(=O)=O. The molecule has 0 unspecified atom stereocenters. The van der Waals surface area contributed by atoms with Gasteiger partial charge in [-0.25, -0.2) is 8.42 Å². The van der Waals surface area contributed by atoms with Crippen molar-refractivity contribution in [2.24, 2.45) is 0 Å². The molecule has 0 aliphatic carbocycles. The summed E-state index contributed by atoms with van der Waals surface area (Å²) in [6.45, 7) is 3.17. The summed E-state index contributed by atoms with van der Waals surface area (Å²) in [5.41, 5.74) is 1.24. The van der Waals surface area contributed by atoms with Crippen LogP contribution in [0, 0.1) is 0 Å². The van der Waals surface area contributed by atoms with Crippen LogP contribution in [0.5, 0.6) is 0 Å². The second kappa shape index (κ2) is 10.6. The van der Waals surface area contributed by atoms with Crippen LogP contribution < -0.4 is 9.62 Å². The van der Waals surface area contributed by atoms with E-state index in [1.54, 1.807) is 61.5 Å².